The molecule has 1 aliphatic heterocycles. The van der Waals surface area contributed by atoms with Crippen LogP contribution in [0.2, 0.25) is 0 Å². The molecule has 1 spiro atoms. The van der Waals surface area contributed by atoms with E-state index in [1.54, 1.807) is 0 Å². The van der Waals surface area contributed by atoms with Crippen molar-refractivity contribution in [3.63, 3.8) is 0 Å². The van der Waals surface area contributed by atoms with Crippen LogP contribution in [-0.4, -0.2) is 27.8 Å². The molecule has 1 aromatic rings. The van der Waals surface area contributed by atoms with E-state index in [-0.39, 0.29) is 0 Å². The summed E-state index contributed by atoms with van der Waals surface area (Å²) in [6.07, 6.45) is 11.2. The zero-order valence-corrected chi connectivity index (χ0v) is 15.1. The minimum Gasteiger partial charge on any atom is -0.297 e. The van der Waals surface area contributed by atoms with Gasteiger partial charge in [-0.2, -0.15) is 5.10 Å². The van der Waals surface area contributed by atoms with Crippen LogP contribution in [0.4, 0.5) is 0 Å². The number of rotatable bonds is 3. The number of piperidine rings is 1. The monoisotopic (exact) mass is 353 g/mol. The highest BCUT2D eigenvalue weighted by atomic mass is 79.9. The molecule has 4 heteroatoms. The Kier molecular flexibility index (Phi) is 4.75. The van der Waals surface area contributed by atoms with Crippen LogP contribution in [0.1, 0.15) is 63.3 Å². The lowest BCUT2D eigenvalue weighted by molar-refractivity contribution is 0.0629. The molecular formula is C17H28BrN3. The summed E-state index contributed by atoms with van der Waals surface area (Å²) in [6.45, 7) is 5.74. The van der Waals surface area contributed by atoms with Crippen LogP contribution >= 0.6 is 15.9 Å². The Morgan fingerprint density at radius 2 is 1.76 bits per heavy atom. The summed E-state index contributed by atoms with van der Waals surface area (Å²) in [6, 6.07) is 0. The van der Waals surface area contributed by atoms with Gasteiger partial charge in [-0.1, -0.05) is 26.2 Å². The summed E-state index contributed by atoms with van der Waals surface area (Å²) >= 11 is 3.75. The van der Waals surface area contributed by atoms with E-state index < -0.39 is 0 Å². The quantitative estimate of drug-likeness (QED) is 0.807. The normalized spacial score (nSPS) is 22.8. The second kappa shape index (κ2) is 6.41. The zero-order chi connectivity index (χ0) is 14.9. The van der Waals surface area contributed by atoms with Crippen molar-refractivity contribution in [2.45, 2.75) is 64.8 Å². The van der Waals surface area contributed by atoms with Crippen LogP contribution in [0.15, 0.2) is 4.47 Å². The zero-order valence-electron chi connectivity index (χ0n) is 13.5. The average Bonchev–Trinajstić information content (AvgIpc) is 2.78. The van der Waals surface area contributed by atoms with Crippen molar-refractivity contribution in [2.75, 3.05) is 13.1 Å². The van der Waals surface area contributed by atoms with E-state index in [2.05, 4.69) is 44.6 Å². The van der Waals surface area contributed by atoms with Gasteiger partial charge in [0.25, 0.3) is 0 Å². The summed E-state index contributed by atoms with van der Waals surface area (Å²) < 4.78 is 3.29. The molecule has 1 saturated heterocycles. The summed E-state index contributed by atoms with van der Waals surface area (Å²) in [5, 5.41) is 4.62. The van der Waals surface area contributed by atoms with Gasteiger partial charge in [-0.05, 0) is 66.5 Å². The molecular weight excluding hydrogens is 326 g/mol. The summed E-state index contributed by atoms with van der Waals surface area (Å²) in [5.41, 5.74) is 3.23. The van der Waals surface area contributed by atoms with E-state index in [1.807, 2.05) is 0 Å². The second-order valence-electron chi connectivity index (χ2n) is 7.02. The third kappa shape index (κ3) is 3.21. The van der Waals surface area contributed by atoms with Crippen LogP contribution in [0.5, 0.6) is 0 Å². The Hall–Kier alpha value is -0.350. The van der Waals surface area contributed by atoms with E-state index in [0.29, 0.717) is 5.41 Å². The number of aryl methyl sites for hydroxylation is 2. The minimum atomic E-state index is 0.701. The first kappa shape index (κ1) is 15.5. The molecule has 0 radical (unpaired) electrons. The number of aromatic nitrogens is 2. The Morgan fingerprint density at radius 1 is 1.10 bits per heavy atom. The molecule has 3 nitrogen and oxygen atoms in total. The molecule has 0 bridgehead atoms. The van der Waals surface area contributed by atoms with Crippen LogP contribution < -0.4 is 0 Å². The number of halogens is 1. The first-order valence-corrected chi connectivity index (χ1v) is 9.35. The van der Waals surface area contributed by atoms with Crippen LogP contribution in [0, 0.1) is 5.41 Å². The van der Waals surface area contributed by atoms with Gasteiger partial charge < -0.3 is 0 Å². The predicted octanol–water partition coefficient (Wildman–Crippen LogP) is 4.29. The van der Waals surface area contributed by atoms with E-state index in [0.717, 1.165) is 13.0 Å². The Labute approximate surface area is 137 Å². The van der Waals surface area contributed by atoms with Gasteiger partial charge in [0.1, 0.15) is 0 Å². The third-order valence-corrected chi connectivity index (χ3v) is 6.62. The molecule has 0 aromatic carbocycles. The van der Waals surface area contributed by atoms with Crippen molar-refractivity contribution in [2.24, 2.45) is 12.5 Å². The lowest BCUT2D eigenvalue weighted by atomic mass is 9.68. The van der Waals surface area contributed by atoms with E-state index in [1.165, 1.54) is 73.9 Å². The minimum absolute atomic E-state index is 0.701. The standard InChI is InChI=1S/C17H28BrN3/c1-3-14-16(18)15(20(2)19-14)13-21-11-9-17(10-12-21)7-5-4-6-8-17/h3-13H2,1-2H3. The molecule has 2 fully saturated rings. The van der Waals surface area contributed by atoms with Crippen LogP contribution in [0.25, 0.3) is 0 Å². The molecule has 0 N–H and O–H groups in total. The molecule has 21 heavy (non-hydrogen) atoms. The molecule has 2 aliphatic rings. The highest BCUT2D eigenvalue weighted by molar-refractivity contribution is 9.10. The topological polar surface area (TPSA) is 21.1 Å². The highest BCUT2D eigenvalue weighted by Gasteiger charge is 2.35. The SMILES string of the molecule is CCc1nn(C)c(CN2CCC3(CCCCC3)CC2)c1Br. The average molecular weight is 354 g/mol. The smallest absolute Gasteiger partial charge is 0.0767 e. The predicted molar refractivity (Wildman–Crippen MR) is 90.3 cm³/mol. The Balaban J connectivity index is 1.61. The van der Waals surface area contributed by atoms with E-state index >= 15 is 0 Å². The van der Waals surface area contributed by atoms with Crippen molar-refractivity contribution in [3.05, 3.63) is 15.9 Å². The fourth-order valence-electron chi connectivity index (χ4n) is 4.19. The van der Waals surface area contributed by atoms with Gasteiger partial charge in [0, 0.05) is 13.6 Å². The third-order valence-electron chi connectivity index (χ3n) is 5.71. The molecule has 2 heterocycles. The summed E-state index contributed by atoms with van der Waals surface area (Å²) in [5.74, 6) is 0. The van der Waals surface area contributed by atoms with Crippen molar-refractivity contribution in [1.29, 1.82) is 0 Å². The number of likely N-dealkylation sites (tertiary alicyclic amines) is 1. The highest BCUT2D eigenvalue weighted by Crippen LogP contribution is 2.44. The molecule has 118 valence electrons. The van der Waals surface area contributed by atoms with Gasteiger partial charge in [0.2, 0.25) is 0 Å². The van der Waals surface area contributed by atoms with Crippen molar-refractivity contribution in [3.8, 4) is 0 Å². The largest absolute Gasteiger partial charge is 0.297 e. The molecule has 3 rings (SSSR count). The van der Waals surface area contributed by atoms with Crippen molar-refractivity contribution < 1.29 is 0 Å². The first-order valence-electron chi connectivity index (χ1n) is 8.56. The summed E-state index contributed by atoms with van der Waals surface area (Å²) in [7, 11) is 2.08. The Bertz CT molecular complexity index is 478. The van der Waals surface area contributed by atoms with Crippen LogP contribution in [0.3, 0.4) is 0 Å². The fraction of sp³-hybridized carbons (Fsp3) is 0.824. The van der Waals surface area contributed by atoms with E-state index in [9.17, 15) is 0 Å². The lowest BCUT2D eigenvalue weighted by Gasteiger charge is -2.44. The van der Waals surface area contributed by atoms with E-state index in [4.69, 9.17) is 0 Å². The van der Waals surface area contributed by atoms with Gasteiger partial charge in [-0.15, -0.1) is 0 Å². The van der Waals surface area contributed by atoms with Crippen LogP contribution in [-0.2, 0) is 20.0 Å². The first-order chi connectivity index (χ1) is 10.1. The van der Waals surface area contributed by atoms with Gasteiger partial charge >= 0.3 is 0 Å². The molecule has 1 aromatic heterocycles. The molecule has 0 unspecified atom stereocenters. The molecule has 0 atom stereocenters. The van der Waals surface area contributed by atoms with Gasteiger partial charge in [-0.3, -0.25) is 9.58 Å². The second-order valence-corrected chi connectivity index (χ2v) is 7.81. The number of hydrogen-bond acceptors (Lipinski definition) is 2. The lowest BCUT2D eigenvalue weighted by Crippen LogP contribution is -2.41. The maximum absolute atomic E-state index is 4.62. The molecule has 0 amide bonds. The Morgan fingerprint density at radius 3 is 2.33 bits per heavy atom. The van der Waals surface area contributed by atoms with Gasteiger partial charge in [0.05, 0.1) is 15.9 Å². The fourth-order valence-corrected chi connectivity index (χ4v) is 4.93. The molecule has 1 saturated carbocycles. The number of nitrogens with zero attached hydrogens (tertiary/aromatic N) is 3. The molecule has 1 aliphatic carbocycles. The van der Waals surface area contributed by atoms with Crippen molar-refractivity contribution >= 4 is 15.9 Å². The maximum Gasteiger partial charge on any atom is 0.0767 e. The van der Waals surface area contributed by atoms with Gasteiger partial charge in [0.15, 0.2) is 0 Å². The number of hydrogen-bond donors (Lipinski definition) is 0. The summed E-state index contributed by atoms with van der Waals surface area (Å²) in [4.78, 5) is 2.63. The maximum atomic E-state index is 4.62. The van der Waals surface area contributed by atoms with Crippen molar-refractivity contribution in [1.82, 2.24) is 14.7 Å². The van der Waals surface area contributed by atoms with Gasteiger partial charge in [-0.25, -0.2) is 0 Å².